The smallest absolute Gasteiger partial charge is 0.253 e. The van der Waals surface area contributed by atoms with Gasteiger partial charge in [-0.15, -0.1) is 10.2 Å². The summed E-state index contributed by atoms with van der Waals surface area (Å²) in [4.78, 5) is 28.2. The zero-order chi connectivity index (χ0) is 21.6. The molecule has 2 aromatic carbocycles. The predicted octanol–water partition coefficient (Wildman–Crippen LogP) is 2.53. The number of carbonyl (C=O) groups is 2. The fourth-order valence-electron chi connectivity index (χ4n) is 3.01. The SMILES string of the molecule is CN(C(=O)Cn1nnc(-c2ccccc2)n1)c1ccccc1C(=O)NCc1ccco1. The number of furan rings is 1. The zero-order valence-electron chi connectivity index (χ0n) is 16.8. The van der Waals surface area contributed by atoms with E-state index in [1.54, 1.807) is 49.7 Å². The van der Waals surface area contributed by atoms with Gasteiger partial charge >= 0.3 is 0 Å². The fraction of sp³-hybridized carbons (Fsp3) is 0.136. The van der Waals surface area contributed by atoms with Crippen molar-refractivity contribution in [3.05, 3.63) is 84.3 Å². The number of anilines is 1. The summed E-state index contributed by atoms with van der Waals surface area (Å²) in [5.74, 6) is 0.482. The number of para-hydroxylation sites is 1. The van der Waals surface area contributed by atoms with Gasteiger partial charge in [-0.1, -0.05) is 42.5 Å². The number of hydrogen-bond donors (Lipinski definition) is 1. The highest BCUT2D eigenvalue weighted by atomic mass is 16.3. The lowest BCUT2D eigenvalue weighted by Crippen LogP contribution is -2.33. The molecule has 1 N–H and O–H groups in total. The minimum atomic E-state index is -0.308. The van der Waals surface area contributed by atoms with E-state index in [0.717, 1.165) is 5.56 Å². The van der Waals surface area contributed by atoms with Crippen LogP contribution < -0.4 is 10.2 Å². The van der Waals surface area contributed by atoms with Crippen molar-refractivity contribution in [2.24, 2.45) is 0 Å². The van der Waals surface area contributed by atoms with E-state index in [9.17, 15) is 9.59 Å². The Bertz CT molecular complexity index is 1170. The molecule has 0 saturated heterocycles. The van der Waals surface area contributed by atoms with Crippen molar-refractivity contribution in [3.8, 4) is 11.4 Å². The normalized spacial score (nSPS) is 10.6. The molecule has 156 valence electrons. The molecule has 4 aromatic rings. The Balaban J connectivity index is 1.45. The molecule has 31 heavy (non-hydrogen) atoms. The Hall–Kier alpha value is -4.27. The third kappa shape index (κ3) is 4.67. The zero-order valence-corrected chi connectivity index (χ0v) is 16.8. The van der Waals surface area contributed by atoms with Gasteiger partial charge in [-0.05, 0) is 29.5 Å². The number of rotatable bonds is 7. The molecule has 0 unspecified atom stereocenters. The molecule has 0 bridgehead atoms. The van der Waals surface area contributed by atoms with Crippen molar-refractivity contribution < 1.29 is 14.0 Å². The average Bonchev–Trinajstić information content (AvgIpc) is 3.50. The number of carbonyl (C=O) groups excluding carboxylic acids is 2. The van der Waals surface area contributed by atoms with Gasteiger partial charge in [0, 0.05) is 12.6 Å². The summed E-state index contributed by atoms with van der Waals surface area (Å²) in [5, 5.41) is 15.0. The van der Waals surface area contributed by atoms with Crippen molar-refractivity contribution in [1.29, 1.82) is 0 Å². The van der Waals surface area contributed by atoms with Crippen LogP contribution in [0, 0.1) is 0 Å². The van der Waals surface area contributed by atoms with E-state index in [2.05, 4.69) is 20.7 Å². The minimum absolute atomic E-state index is 0.112. The maximum absolute atomic E-state index is 12.8. The quantitative estimate of drug-likeness (QED) is 0.496. The molecule has 9 nitrogen and oxygen atoms in total. The Labute approximate surface area is 178 Å². The second-order valence-corrected chi connectivity index (χ2v) is 6.74. The maximum Gasteiger partial charge on any atom is 0.253 e. The van der Waals surface area contributed by atoms with Crippen LogP contribution in [0.25, 0.3) is 11.4 Å². The number of nitrogens with zero attached hydrogens (tertiary/aromatic N) is 5. The highest BCUT2D eigenvalue weighted by Gasteiger charge is 2.20. The van der Waals surface area contributed by atoms with E-state index >= 15 is 0 Å². The van der Waals surface area contributed by atoms with Gasteiger partial charge in [0.15, 0.2) is 0 Å². The van der Waals surface area contributed by atoms with Crippen LogP contribution in [-0.2, 0) is 17.9 Å². The van der Waals surface area contributed by atoms with Crippen molar-refractivity contribution in [2.45, 2.75) is 13.1 Å². The summed E-state index contributed by atoms with van der Waals surface area (Å²) < 4.78 is 5.23. The predicted molar refractivity (Wildman–Crippen MR) is 113 cm³/mol. The molecule has 0 aliphatic carbocycles. The van der Waals surface area contributed by atoms with Crippen molar-refractivity contribution in [3.63, 3.8) is 0 Å². The second kappa shape index (κ2) is 9.04. The number of likely N-dealkylation sites (N-methyl/N-ethyl adjacent to an activating group) is 1. The Morgan fingerprint density at radius 1 is 1.03 bits per heavy atom. The van der Waals surface area contributed by atoms with Crippen LogP contribution in [0.2, 0.25) is 0 Å². The van der Waals surface area contributed by atoms with E-state index < -0.39 is 0 Å². The Morgan fingerprint density at radius 3 is 2.58 bits per heavy atom. The first kappa shape index (κ1) is 20.0. The summed E-state index contributed by atoms with van der Waals surface area (Å²) in [6.07, 6.45) is 1.54. The summed E-state index contributed by atoms with van der Waals surface area (Å²) >= 11 is 0. The van der Waals surface area contributed by atoms with Gasteiger partial charge < -0.3 is 14.6 Å². The van der Waals surface area contributed by atoms with E-state index in [1.807, 2.05) is 30.3 Å². The van der Waals surface area contributed by atoms with E-state index in [1.165, 1.54) is 9.70 Å². The third-order valence-electron chi connectivity index (χ3n) is 4.65. The highest BCUT2D eigenvalue weighted by molar-refractivity contribution is 6.04. The van der Waals surface area contributed by atoms with Crippen molar-refractivity contribution >= 4 is 17.5 Å². The molecule has 0 aliphatic heterocycles. The molecule has 0 atom stereocenters. The second-order valence-electron chi connectivity index (χ2n) is 6.74. The molecular formula is C22H20N6O3. The highest BCUT2D eigenvalue weighted by Crippen LogP contribution is 2.20. The first-order chi connectivity index (χ1) is 15.1. The van der Waals surface area contributed by atoms with Gasteiger partial charge in [-0.25, -0.2) is 0 Å². The van der Waals surface area contributed by atoms with Crippen LogP contribution in [0.5, 0.6) is 0 Å². The summed E-state index contributed by atoms with van der Waals surface area (Å²) in [7, 11) is 1.61. The number of hydrogen-bond acceptors (Lipinski definition) is 6. The van der Waals surface area contributed by atoms with E-state index in [-0.39, 0.29) is 24.9 Å². The third-order valence-corrected chi connectivity index (χ3v) is 4.65. The Kier molecular flexibility index (Phi) is 5.84. The standard InChI is InChI=1S/C22H20N6O3/c1-27(20(29)15-28-25-21(24-26-28)16-8-3-2-4-9-16)19-12-6-5-11-18(19)22(30)23-14-17-10-7-13-31-17/h2-13H,14-15H2,1H3,(H,23,30). The van der Waals surface area contributed by atoms with Crippen molar-refractivity contribution in [2.75, 3.05) is 11.9 Å². The minimum Gasteiger partial charge on any atom is -0.467 e. The van der Waals surface area contributed by atoms with Crippen LogP contribution in [0.4, 0.5) is 5.69 Å². The molecule has 0 radical (unpaired) electrons. The van der Waals surface area contributed by atoms with Gasteiger partial charge in [0.05, 0.1) is 24.1 Å². The number of tetrazole rings is 1. The van der Waals surface area contributed by atoms with Gasteiger partial charge in [0.2, 0.25) is 11.7 Å². The number of amides is 2. The molecule has 2 heterocycles. The molecule has 9 heteroatoms. The van der Waals surface area contributed by atoms with Gasteiger partial charge in [-0.2, -0.15) is 4.80 Å². The van der Waals surface area contributed by atoms with Crippen LogP contribution in [-0.4, -0.2) is 39.1 Å². The lowest BCUT2D eigenvalue weighted by Gasteiger charge is -2.20. The van der Waals surface area contributed by atoms with Crippen LogP contribution in [0.15, 0.2) is 77.4 Å². The maximum atomic E-state index is 12.8. The molecule has 2 amide bonds. The lowest BCUT2D eigenvalue weighted by atomic mass is 10.1. The summed E-state index contributed by atoms with van der Waals surface area (Å²) in [6.45, 7) is 0.141. The van der Waals surface area contributed by atoms with Crippen LogP contribution in [0.3, 0.4) is 0 Å². The molecule has 2 aromatic heterocycles. The molecule has 4 rings (SSSR count). The van der Waals surface area contributed by atoms with Gasteiger partial charge in [0.25, 0.3) is 5.91 Å². The monoisotopic (exact) mass is 416 g/mol. The lowest BCUT2D eigenvalue weighted by molar-refractivity contribution is -0.119. The molecular weight excluding hydrogens is 396 g/mol. The molecule has 0 fully saturated rings. The molecule has 0 aliphatic rings. The molecule has 0 saturated carbocycles. The van der Waals surface area contributed by atoms with Gasteiger partial charge in [0.1, 0.15) is 12.3 Å². The van der Waals surface area contributed by atoms with Gasteiger partial charge in [-0.3, -0.25) is 9.59 Å². The van der Waals surface area contributed by atoms with E-state index in [0.29, 0.717) is 22.8 Å². The van der Waals surface area contributed by atoms with E-state index in [4.69, 9.17) is 4.42 Å². The fourth-order valence-corrected chi connectivity index (χ4v) is 3.01. The largest absolute Gasteiger partial charge is 0.467 e. The van der Waals surface area contributed by atoms with Crippen molar-refractivity contribution in [1.82, 2.24) is 25.5 Å². The topological polar surface area (TPSA) is 106 Å². The summed E-state index contributed by atoms with van der Waals surface area (Å²) in [6, 6.07) is 19.8. The average molecular weight is 416 g/mol. The Morgan fingerprint density at radius 2 is 1.81 bits per heavy atom. The summed E-state index contributed by atoms with van der Waals surface area (Å²) in [5.41, 5.74) is 1.67. The first-order valence-electron chi connectivity index (χ1n) is 9.61. The number of aromatic nitrogens is 4. The number of benzene rings is 2. The first-order valence-corrected chi connectivity index (χ1v) is 9.61. The van der Waals surface area contributed by atoms with Crippen LogP contribution >= 0.6 is 0 Å². The number of nitrogens with one attached hydrogen (secondary N) is 1. The molecule has 0 spiro atoms. The van der Waals surface area contributed by atoms with Crippen LogP contribution in [0.1, 0.15) is 16.1 Å².